The summed E-state index contributed by atoms with van der Waals surface area (Å²) in [5, 5.41) is 10.5. The minimum Gasteiger partial charge on any atom is -0.445 e. The van der Waals surface area contributed by atoms with E-state index in [9.17, 15) is 4.79 Å². The van der Waals surface area contributed by atoms with Crippen molar-refractivity contribution in [1.29, 1.82) is 5.26 Å². The topological polar surface area (TPSA) is 91.1 Å². The van der Waals surface area contributed by atoms with Gasteiger partial charge in [0.05, 0.1) is 0 Å². The molecule has 0 saturated heterocycles. The minimum atomic E-state index is -0.529. The molecule has 22 heavy (non-hydrogen) atoms. The van der Waals surface area contributed by atoms with Crippen molar-refractivity contribution in [2.75, 3.05) is 11.6 Å². The summed E-state index contributed by atoms with van der Waals surface area (Å²) in [5.74, 6) is 0.801. The fourth-order valence-corrected chi connectivity index (χ4v) is 1.90. The van der Waals surface area contributed by atoms with Crippen molar-refractivity contribution in [3.05, 3.63) is 18.1 Å². The highest BCUT2D eigenvalue weighted by molar-refractivity contribution is 5.69. The van der Waals surface area contributed by atoms with Crippen LogP contribution in [0, 0.1) is 17.2 Å². The molecule has 0 spiro atoms. The number of anilines is 1. The van der Waals surface area contributed by atoms with Crippen LogP contribution < -0.4 is 10.4 Å². The lowest BCUT2D eigenvalue weighted by molar-refractivity contribution is 0.101. The highest BCUT2D eigenvalue weighted by Gasteiger charge is 2.16. The maximum Gasteiger partial charge on any atom is 0.426 e. The Morgan fingerprint density at radius 1 is 1.50 bits per heavy atom. The SMILES string of the molecule is CCCC(C)OC(=O)NN(CC(C)C)c1ccnc(C#N)n1. The summed E-state index contributed by atoms with van der Waals surface area (Å²) in [6.07, 6.45) is 2.57. The number of carbonyl (C=O) groups excluding carboxylic acids is 1. The number of rotatable bonds is 7. The smallest absolute Gasteiger partial charge is 0.426 e. The first kappa shape index (κ1) is 17.7. The van der Waals surface area contributed by atoms with Gasteiger partial charge < -0.3 is 4.74 Å². The van der Waals surface area contributed by atoms with E-state index in [4.69, 9.17) is 10.00 Å². The zero-order valence-corrected chi connectivity index (χ0v) is 13.5. The predicted molar refractivity (Wildman–Crippen MR) is 82.9 cm³/mol. The van der Waals surface area contributed by atoms with Crippen LogP contribution in [0.15, 0.2) is 12.3 Å². The number of hydrogen-bond acceptors (Lipinski definition) is 6. The molecule has 1 rings (SSSR count). The van der Waals surface area contributed by atoms with E-state index in [1.807, 2.05) is 33.8 Å². The average Bonchev–Trinajstić information content (AvgIpc) is 2.46. The lowest BCUT2D eigenvalue weighted by atomic mass is 10.2. The van der Waals surface area contributed by atoms with E-state index in [0.717, 1.165) is 12.8 Å². The molecule has 0 aliphatic rings. The number of carbonyl (C=O) groups is 1. The Hall–Kier alpha value is -2.36. The molecule has 7 heteroatoms. The third-order valence-corrected chi connectivity index (χ3v) is 2.79. The van der Waals surface area contributed by atoms with Crippen LogP contribution in [0.25, 0.3) is 0 Å². The Labute approximate surface area is 131 Å². The summed E-state index contributed by atoms with van der Waals surface area (Å²) >= 11 is 0. The summed E-state index contributed by atoms with van der Waals surface area (Å²) in [6.45, 7) is 8.47. The van der Waals surface area contributed by atoms with Crippen molar-refractivity contribution in [2.45, 2.75) is 46.6 Å². The van der Waals surface area contributed by atoms with Crippen molar-refractivity contribution in [1.82, 2.24) is 15.4 Å². The number of ether oxygens (including phenoxy) is 1. The van der Waals surface area contributed by atoms with Gasteiger partial charge in [0.2, 0.25) is 5.82 Å². The van der Waals surface area contributed by atoms with Gasteiger partial charge in [-0.25, -0.2) is 15.2 Å². The molecule has 1 N–H and O–H groups in total. The lowest BCUT2D eigenvalue weighted by Crippen LogP contribution is -2.46. The Balaban J connectivity index is 2.80. The van der Waals surface area contributed by atoms with E-state index < -0.39 is 6.09 Å². The van der Waals surface area contributed by atoms with E-state index in [2.05, 4.69) is 15.4 Å². The van der Waals surface area contributed by atoms with E-state index in [-0.39, 0.29) is 17.8 Å². The van der Waals surface area contributed by atoms with Crippen molar-refractivity contribution >= 4 is 11.9 Å². The molecule has 0 bridgehead atoms. The first-order chi connectivity index (χ1) is 10.5. The fourth-order valence-electron chi connectivity index (χ4n) is 1.90. The second-order valence-electron chi connectivity index (χ2n) is 5.47. The van der Waals surface area contributed by atoms with E-state index in [1.165, 1.54) is 6.20 Å². The normalized spacial score (nSPS) is 11.6. The second-order valence-corrected chi connectivity index (χ2v) is 5.47. The molecule has 1 amide bonds. The summed E-state index contributed by atoms with van der Waals surface area (Å²) in [6, 6.07) is 3.52. The van der Waals surface area contributed by atoms with Gasteiger partial charge in [0.1, 0.15) is 12.2 Å². The molecular weight excluding hydrogens is 282 g/mol. The minimum absolute atomic E-state index is 0.0563. The zero-order chi connectivity index (χ0) is 16.5. The largest absolute Gasteiger partial charge is 0.445 e. The van der Waals surface area contributed by atoms with E-state index in [0.29, 0.717) is 12.4 Å². The number of nitrogens with one attached hydrogen (secondary N) is 1. The van der Waals surface area contributed by atoms with Crippen molar-refractivity contribution in [3.8, 4) is 6.07 Å². The molecule has 120 valence electrons. The van der Waals surface area contributed by atoms with Gasteiger partial charge in [-0.3, -0.25) is 5.01 Å². The third kappa shape index (κ3) is 5.95. The zero-order valence-electron chi connectivity index (χ0n) is 13.5. The van der Waals surface area contributed by atoms with Gasteiger partial charge in [-0.1, -0.05) is 27.2 Å². The Kier molecular flexibility index (Phi) is 7.09. The number of hydrazine groups is 1. The van der Waals surface area contributed by atoms with Crippen molar-refractivity contribution in [2.24, 2.45) is 5.92 Å². The van der Waals surface area contributed by atoms with Crippen LogP contribution in [0.4, 0.5) is 10.6 Å². The summed E-state index contributed by atoms with van der Waals surface area (Å²) in [5.41, 5.74) is 2.68. The molecule has 0 saturated carbocycles. The average molecular weight is 305 g/mol. The number of aromatic nitrogens is 2. The molecule has 1 heterocycles. The van der Waals surface area contributed by atoms with Crippen LogP contribution >= 0.6 is 0 Å². The molecule has 0 fully saturated rings. The molecule has 0 aliphatic carbocycles. The van der Waals surface area contributed by atoms with E-state index >= 15 is 0 Å². The number of nitrogens with zero attached hydrogens (tertiary/aromatic N) is 4. The third-order valence-electron chi connectivity index (χ3n) is 2.79. The van der Waals surface area contributed by atoms with Gasteiger partial charge in [0.15, 0.2) is 5.82 Å². The molecule has 0 radical (unpaired) electrons. The van der Waals surface area contributed by atoms with Gasteiger partial charge in [-0.05, 0) is 19.3 Å². The van der Waals surface area contributed by atoms with Gasteiger partial charge in [0.25, 0.3) is 0 Å². The van der Waals surface area contributed by atoms with Gasteiger partial charge in [-0.15, -0.1) is 0 Å². The van der Waals surface area contributed by atoms with Crippen molar-refractivity contribution < 1.29 is 9.53 Å². The molecule has 7 nitrogen and oxygen atoms in total. The molecule has 1 aromatic heterocycles. The van der Waals surface area contributed by atoms with Crippen molar-refractivity contribution in [3.63, 3.8) is 0 Å². The van der Waals surface area contributed by atoms with Crippen LogP contribution in [-0.2, 0) is 4.74 Å². The highest BCUT2D eigenvalue weighted by atomic mass is 16.6. The van der Waals surface area contributed by atoms with Crippen LogP contribution in [0.2, 0.25) is 0 Å². The van der Waals surface area contributed by atoms with Crippen LogP contribution in [0.1, 0.15) is 46.4 Å². The molecule has 1 atom stereocenters. The molecule has 1 aromatic rings. The Morgan fingerprint density at radius 2 is 2.23 bits per heavy atom. The van der Waals surface area contributed by atoms with Crippen LogP contribution in [-0.4, -0.2) is 28.7 Å². The monoisotopic (exact) mass is 305 g/mol. The summed E-state index contributed by atoms with van der Waals surface area (Å²) < 4.78 is 5.28. The fraction of sp³-hybridized carbons (Fsp3) is 0.600. The van der Waals surface area contributed by atoms with Crippen LogP contribution in [0.3, 0.4) is 0 Å². The number of hydrogen-bond donors (Lipinski definition) is 1. The Bertz CT molecular complexity index is 527. The maximum atomic E-state index is 12.0. The second kappa shape index (κ2) is 8.82. The first-order valence-corrected chi connectivity index (χ1v) is 7.44. The first-order valence-electron chi connectivity index (χ1n) is 7.44. The summed E-state index contributed by atoms with van der Waals surface area (Å²) in [7, 11) is 0. The molecule has 0 aromatic carbocycles. The molecular formula is C15H23N5O2. The predicted octanol–water partition coefficient (Wildman–Crippen LogP) is 2.64. The number of amides is 1. The van der Waals surface area contributed by atoms with Crippen LogP contribution in [0.5, 0.6) is 0 Å². The number of nitriles is 1. The Morgan fingerprint density at radius 3 is 2.82 bits per heavy atom. The maximum absolute atomic E-state index is 12.0. The van der Waals surface area contributed by atoms with Gasteiger partial charge in [-0.2, -0.15) is 10.2 Å². The van der Waals surface area contributed by atoms with Gasteiger partial charge in [0, 0.05) is 18.8 Å². The highest BCUT2D eigenvalue weighted by Crippen LogP contribution is 2.11. The van der Waals surface area contributed by atoms with E-state index in [1.54, 1.807) is 11.1 Å². The quantitative estimate of drug-likeness (QED) is 0.779. The lowest BCUT2D eigenvalue weighted by Gasteiger charge is -2.26. The summed E-state index contributed by atoms with van der Waals surface area (Å²) in [4.78, 5) is 19.9. The van der Waals surface area contributed by atoms with Gasteiger partial charge >= 0.3 is 6.09 Å². The molecule has 0 aliphatic heterocycles. The standard InChI is InChI=1S/C15H23N5O2/c1-5-6-12(4)22-15(21)19-20(10-11(2)3)14-7-8-17-13(9-16)18-14/h7-8,11-12H,5-6,10H2,1-4H3,(H,19,21). The molecule has 1 unspecified atom stereocenters.